The Morgan fingerprint density at radius 2 is 2.18 bits per heavy atom. The Hall–Kier alpha value is -1.82. The Balaban J connectivity index is 2.08. The molecule has 0 bridgehead atoms. The molecule has 0 unspecified atom stereocenters. The quantitative estimate of drug-likeness (QED) is 0.884. The van der Waals surface area contributed by atoms with Gasteiger partial charge < -0.3 is 9.84 Å². The lowest BCUT2D eigenvalue weighted by molar-refractivity contribution is 0.374. The first-order chi connectivity index (χ1) is 7.97. The van der Waals surface area contributed by atoms with Gasteiger partial charge in [0.2, 0.25) is 9.84 Å². The number of sulfone groups is 1. The van der Waals surface area contributed by atoms with E-state index in [4.69, 9.17) is 4.74 Å². The van der Waals surface area contributed by atoms with E-state index in [0.29, 0.717) is 11.4 Å². The van der Waals surface area contributed by atoms with Gasteiger partial charge in [-0.2, -0.15) is 0 Å². The highest BCUT2D eigenvalue weighted by Crippen LogP contribution is 2.19. The lowest BCUT2D eigenvalue weighted by atomic mass is 10.3. The molecular weight excluding hydrogens is 242 g/mol. The molecule has 1 aliphatic rings. The third kappa shape index (κ3) is 2.65. The summed E-state index contributed by atoms with van der Waals surface area (Å²) in [6, 6.07) is 6.14. The van der Waals surface area contributed by atoms with E-state index in [9.17, 15) is 13.5 Å². The van der Waals surface area contributed by atoms with E-state index < -0.39 is 9.84 Å². The van der Waals surface area contributed by atoms with Crippen molar-refractivity contribution in [2.45, 2.75) is 6.92 Å². The number of rotatable bonds is 3. The highest BCUT2D eigenvalue weighted by Gasteiger charge is 2.23. The predicted octanol–water partition coefficient (Wildman–Crippen LogP) is 1.46. The maximum atomic E-state index is 11.5. The Kier molecular flexibility index (Phi) is 2.89. The first-order valence-corrected chi connectivity index (χ1v) is 6.45. The number of allylic oxidation sites excluding steroid dienone is 1. The van der Waals surface area contributed by atoms with Crippen LogP contribution in [-0.2, 0) is 9.84 Å². The second-order valence-corrected chi connectivity index (χ2v) is 5.39. The molecule has 0 fully saturated rings. The molecule has 1 aromatic rings. The third-order valence-electron chi connectivity index (χ3n) is 2.14. The van der Waals surface area contributed by atoms with Gasteiger partial charge in [-0.25, -0.2) is 13.4 Å². The summed E-state index contributed by atoms with van der Waals surface area (Å²) in [7, 11) is -3.42. The Morgan fingerprint density at radius 1 is 1.41 bits per heavy atom. The summed E-state index contributed by atoms with van der Waals surface area (Å²) in [5.41, 5.74) is 0.444. The number of hydrogen-bond donors (Lipinski definition) is 1. The van der Waals surface area contributed by atoms with Crippen molar-refractivity contribution in [1.29, 1.82) is 0 Å². The minimum atomic E-state index is -3.42. The lowest BCUT2D eigenvalue weighted by Gasteiger charge is -2.05. The molecular formula is C11H11NO4S. The maximum Gasteiger partial charge on any atom is 0.218 e. The zero-order valence-corrected chi connectivity index (χ0v) is 9.94. The number of aromatic hydroxyl groups is 1. The van der Waals surface area contributed by atoms with E-state index in [1.807, 2.05) is 0 Å². The zero-order chi connectivity index (χ0) is 12.5. The van der Waals surface area contributed by atoms with Crippen LogP contribution in [0.3, 0.4) is 0 Å². The van der Waals surface area contributed by atoms with E-state index in [2.05, 4.69) is 4.99 Å². The fourth-order valence-corrected chi connectivity index (χ4v) is 2.54. The van der Waals surface area contributed by atoms with Crippen molar-refractivity contribution in [3.63, 3.8) is 0 Å². The van der Waals surface area contributed by atoms with Crippen molar-refractivity contribution in [2.75, 3.05) is 6.61 Å². The van der Waals surface area contributed by atoms with Crippen LogP contribution in [-0.4, -0.2) is 25.2 Å². The number of hydrogen-bond acceptors (Lipinski definition) is 5. The average Bonchev–Trinajstić information content (AvgIpc) is 2.48. The van der Waals surface area contributed by atoms with Crippen molar-refractivity contribution >= 4 is 14.9 Å². The van der Waals surface area contributed by atoms with Crippen molar-refractivity contribution in [2.24, 2.45) is 4.99 Å². The van der Waals surface area contributed by atoms with Crippen LogP contribution in [0, 0.1) is 0 Å². The van der Waals surface area contributed by atoms with Gasteiger partial charge in [-0.15, -0.1) is 0 Å². The summed E-state index contributed by atoms with van der Waals surface area (Å²) in [6.07, 6.45) is 0. The van der Waals surface area contributed by atoms with Gasteiger partial charge in [-0.05, 0) is 19.1 Å². The first kappa shape index (κ1) is 11.7. The molecule has 1 aliphatic heterocycles. The first-order valence-electron chi connectivity index (χ1n) is 4.90. The van der Waals surface area contributed by atoms with Gasteiger partial charge in [0.05, 0.1) is 11.1 Å². The van der Waals surface area contributed by atoms with Crippen LogP contribution < -0.4 is 4.74 Å². The number of phenols is 1. The molecule has 0 saturated heterocycles. The highest BCUT2D eigenvalue weighted by atomic mass is 32.2. The molecule has 5 nitrogen and oxygen atoms in total. The van der Waals surface area contributed by atoms with Crippen molar-refractivity contribution in [1.82, 2.24) is 0 Å². The number of nitrogens with zero attached hydrogens (tertiary/aromatic N) is 1. The van der Waals surface area contributed by atoms with Crippen LogP contribution in [0.15, 0.2) is 40.4 Å². The molecule has 1 aromatic carbocycles. The van der Waals surface area contributed by atoms with Gasteiger partial charge in [0.15, 0.2) is 5.04 Å². The number of aliphatic imine (C=N–C) groups is 1. The summed E-state index contributed by atoms with van der Waals surface area (Å²) < 4.78 is 28.3. The summed E-state index contributed by atoms with van der Waals surface area (Å²) in [4.78, 5) is 3.88. The molecule has 1 heterocycles. The van der Waals surface area contributed by atoms with E-state index >= 15 is 0 Å². The zero-order valence-electron chi connectivity index (χ0n) is 9.12. The van der Waals surface area contributed by atoms with Crippen LogP contribution >= 0.6 is 0 Å². The van der Waals surface area contributed by atoms with Gasteiger partial charge >= 0.3 is 0 Å². The Morgan fingerprint density at radius 3 is 2.76 bits per heavy atom. The fraction of sp³-hybridized carbons (Fsp3) is 0.182. The summed E-state index contributed by atoms with van der Waals surface area (Å²) in [5.74, 6) is 0.459. The minimum absolute atomic E-state index is 0.0154. The van der Waals surface area contributed by atoms with Crippen molar-refractivity contribution in [3.05, 3.63) is 35.4 Å². The monoisotopic (exact) mass is 253 g/mol. The van der Waals surface area contributed by atoms with Crippen molar-refractivity contribution < 1.29 is 18.3 Å². The van der Waals surface area contributed by atoms with Gasteiger partial charge in [0.25, 0.3) is 0 Å². The van der Waals surface area contributed by atoms with Gasteiger partial charge in [0, 0.05) is 6.07 Å². The van der Waals surface area contributed by atoms with Crippen LogP contribution in [0.1, 0.15) is 6.92 Å². The Bertz CT molecular complexity index is 602. The van der Waals surface area contributed by atoms with Gasteiger partial charge in [-0.1, -0.05) is 6.07 Å². The molecule has 1 N–H and O–H groups in total. The standard InChI is InChI=1S/C11H11NO4S/c1-8-7-17(14,15)11(12-8)6-16-10-4-2-3-9(13)5-10/h2-5,7,13H,6H2,1H3. The molecule has 0 saturated carbocycles. The molecule has 0 aliphatic carbocycles. The average molecular weight is 253 g/mol. The van der Waals surface area contributed by atoms with E-state index in [0.717, 1.165) is 5.41 Å². The molecule has 0 atom stereocenters. The topological polar surface area (TPSA) is 76.0 Å². The van der Waals surface area contributed by atoms with E-state index in [1.165, 1.54) is 12.1 Å². The van der Waals surface area contributed by atoms with Crippen molar-refractivity contribution in [3.8, 4) is 11.5 Å². The molecule has 0 aromatic heterocycles. The van der Waals surface area contributed by atoms with Gasteiger partial charge in [-0.3, -0.25) is 0 Å². The molecule has 6 heteroatoms. The molecule has 90 valence electrons. The van der Waals surface area contributed by atoms with Gasteiger partial charge in [0.1, 0.15) is 18.1 Å². The fourth-order valence-electron chi connectivity index (χ4n) is 1.41. The smallest absolute Gasteiger partial charge is 0.218 e. The summed E-state index contributed by atoms with van der Waals surface area (Å²) in [5, 5.41) is 10.3. The molecule has 0 spiro atoms. The molecule has 17 heavy (non-hydrogen) atoms. The third-order valence-corrected chi connectivity index (χ3v) is 3.65. The maximum absolute atomic E-state index is 11.5. The van der Waals surface area contributed by atoms with Crippen LogP contribution in [0.4, 0.5) is 0 Å². The minimum Gasteiger partial charge on any atom is -0.508 e. The number of phenolic OH excluding ortho intramolecular Hbond substituents is 1. The predicted molar refractivity (Wildman–Crippen MR) is 63.7 cm³/mol. The Labute approximate surface area is 99.0 Å². The summed E-state index contributed by atoms with van der Waals surface area (Å²) >= 11 is 0. The lowest BCUT2D eigenvalue weighted by Crippen LogP contribution is -2.17. The van der Waals surface area contributed by atoms with Crippen LogP contribution in [0.25, 0.3) is 0 Å². The molecule has 0 amide bonds. The second-order valence-electron chi connectivity index (χ2n) is 3.60. The number of ether oxygens (including phenoxy) is 1. The molecule has 2 rings (SSSR count). The van der Waals surface area contributed by atoms with E-state index in [1.54, 1.807) is 19.1 Å². The normalized spacial score (nSPS) is 17.5. The van der Waals surface area contributed by atoms with E-state index in [-0.39, 0.29) is 17.4 Å². The summed E-state index contributed by atoms with van der Waals surface area (Å²) in [6.45, 7) is 1.47. The largest absolute Gasteiger partial charge is 0.508 e. The highest BCUT2D eigenvalue weighted by molar-refractivity contribution is 8.09. The molecule has 0 radical (unpaired) electrons. The SMILES string of the molecule is CC1=CS(=O)(=O)C(COc2cccc(O)c2)=N1. The number of benzene rings is 1. The second kappa shape index (κ2) is 4.21. The van der Waals surface area contributed by atoms with Crippen LogP contribution in [0.5, 0.6) is 11.5 Å². The van der Waals surface area contributed by atoms with Crippen LogP contribution in [0.2, 0.25) is 0 Å².